The van der Waals surface area contributed by atoms with Crippen molar-refractivity contribution < 1.29 is 32.7 Å². The van der Waals surface area contributed by atoms with Gasteiger partial charge in [-0.05, 0) is 64.6 Å². The molecule has 1 aliphatic rings. The molecule has 3 aromatic rings. The van der Waals surface area contributed by atoms with Crippen molar-refractivity contribution in [2.75, 3.05) is 6.54 Å². The molecule has 0 aliphatic carbocycles. The number of thioether (sulfide) groups is 1. The topological polar surface area (TPSA) is 115 Å². The normalized spacial score (nSPS) is 16.6. The number of carbonyl (C=O) groups is 3. The Hall–Kier alpha value is -3.51. The molecule has 2 heterocycles. The smallest absolute Gasteiger partial charge is 0.416 e. The maximum absolute atomic E-state index is 13.9. The number of aromatic nitrogens is 2. The molecule has 1 aliphatic heterocycles. The van der Waals surface area contributed by atoms with Crippen LogP contribution < -0.4 is 5.32 Å². The second-order valence-corrected chi connectivity index (χ2v) is 11.5. The highest BCUT2D eigenvalue weighted by molar-refractivity contribution is 8.18. The fourth-order valence-electron chi connectivity index (χ4n) is 4.21. The minimum atomic E-state index is -4.71. The van der Waals surface area contributed by atoms with Crippen molar-refractivity contribution in [3.63, 3.8) is 0 Å². The molecule has 2 aromatic carbocycles. The lowest BCUT2D eigenvalue weighted by molar-refractivity contribution is -0.138. The van der Waals surface area contributed by atoms with E-state index in [-0.39, 0.29) is 34.0 Å². The van der Waals surface area contributed by atoms with E-state index in [1.807, 2.05) is 0 Å². The van der Waals surface area contributed by atoms with Gasteiger partial charge in [-0.3, -0.25) is 19.6 Å². The van der Waals surface area contributed by atoms with Gasteiger partial charge in [0, 0.05) is 10.4 Å². The first-order valence-electron chi connectivity index (χ1n) is 11.7. The van der Waals surface area contributed by atoms with E-state index in [1.165, 1.54) is 18.3 Å². The maximum atomic E-state index is 13.9. The van der Waals surface area contributed by atoms with Crippen LogP contribution in [0.4, 0.5) is 22.8 Å². The number of halogens is 4. The van der Waals surface area contributed by atoms with Crippen molar-refractivity contribution >= 4 is 57.1 Å². The number of fused-ring (bicyclic) bond motifs is 1. The van der Waals surface area contributed by atoms with Crippen LogP contribution in [0.2, 0.25) is 5.02 Å². The van der Waals surface area contributed by atoms with Crippen molar-refractivity contribution in [1.29, 1.82) is 0 Å². The number of carbonyl (C=O) groups excluding carboxylic acids is 2. The summed E-state index contributed by atoms with van der Waals surface area (Å²) in [7, 11) is 0. The average Bonchev–Trinajstić information content (AvgIpc) is 3.40. The lowest BCUT2D eigenvalue weighted by atomic mass is 9.86. The number of benzene rings is 2. The first kappa shape index (κ1) is 28.5. The zero-order chi connectivity index (χ0) is 28.7. The van der Waals surface area contributed by atoms with Gasteiger partial charge >= 0.3 is 12.3 Å². The standard InChI is InChI=1S/C26H24ClF3N4O4S/c1-25(2,3)20(32-23(36)37)12-34-22(35)21(39-24(34)38)17(13-5-7-19-15(8-13)11-31-33-19)9-14-4-6-16(27)10-18(14)26(28,29)30/h4-8,10-11,20,32H,9,12H2,1-3H3,(H,31,33)(H,36,37)/b21-17-. The van der Waals surface area contributed by atoms with Gasteiger partial charge in [-0.15, -0.1) is 0 Å². The van der Waals surface area contributed by atoms with Crippen LogP contribution in [0.5, 0.6) is 0 Å². The number of allylic oxidation sites excluding steroid dienone is 1. The summed E-state index contributed by atoms with van der Waals surface area (Å²) in [4.78, 5) is 38.9. The SMILES string of the molecule is CC(C)(C)C(CN1C(=O)S/C(=C(/Cc2ccc(Cl)cc2C(F)(F)F)c2ccc3[nH]ncc3c2)C1=O)NC(=O)O. The number of nitrogens with zero attached hydrogens (tertiary/aromatic N) is 2. The molecule has 206 valence electrons. The van der Waals surface area contributed by atoms with Gasteiger partial charge in [0.1, 0.15) is 0 Å². The summed E-state index contributed by atoms with van der Waals surface area (Å²) in [5.74, 6) is -0.712. The Morgan fingerprint density at radius 2 is 1.90 bits per heavy atom. The van der Waals surface area contributed by atoms with E-state index < -0.39 is 40.4 Å². The molecule has 1 saturated heterocycles. The second-order valence-electron chi connectivity index (χ2n) is 10.1. The largest absolute Gasteiger partial charge is 0.465 e. The maximum Gasteiger partial charge on any atom is 0.416 e. The summed E-state index contributed by atoms with van der Waals surface area (Å²) in [6.45, 7) is 5.03. The molecule has 39 heavy (non-hydrogen) atoms. The summed E-state index contributed by atoms with van der Waals surface area (Å²) in [5, 5.41) is 18.3. The zero-order valence-corrected chi connectivity index (χ0v) is 22.6. The quantitative estimate of drug-likeness (QED) is 0.284. The van der Waals surface area contributed by atoms with Crippen molar-refractivity contribution in [1.82, 2.24) is 20.4 Å². The van der Waals surface area contributed by atoms with Gasteiger partial charge in [0.15, 0.2) is 0 Å². The van der Waals surface area contributed by atoms with E-state index in [1.54, 1.807) is 39.0 Å². The number of hydrogen-bond donors (Lipinski definition) is 3. The van der Waals surface area contributed by atoms with E-state index in [4.69, 9.17) is 11.6 Å². The molecule has 0 radical (unpaired) electrons. The van der Waals surface area contributed by atoms with Crippen molar-refractivity contribution in [2.45, 2.75) is 39.4 Å². The second kappa shape index (κ2) is 10.6. The average molecular weight is 581 g/mol. The van der Waals surface area contributed by atoms with E-state index in [0.29, 0.717) is 28.2 Å². The molecule has 1 atom stereocenters. The first-order chi connectivity index (χ1) is 18.1. The monoisotopic (exact) mass is 580 g/mol. The van der Waals surface area contributed by atoms with Gasteiger partial charge in [0.25, 0.3) is 11.1 Å². The van der Waals surface area contributed by atoms with Crippen LogP contribution in [-0.4, -0.2) is 50.0 Å². The minimum absolute atomic E-state index is 0.0334. The fourth-order valence-corrected chi connectivity index (χ4v) is 5.33. The fraction of sp³-hybridized carbons (Fsp3) is 0.308. The van der Waals surface area contributed by atoms with Crippen LogP contribution in [0.25, 0.3) is 16.5 Å². The Balaban J connectivity index is 1.83. The Morgan fingerprint density at radius 3 is 2.54 bits per heavy atom. The van der Waals surface area contributed by atoms with Crippen molar-refractivity contribution in [3.05, 3.63) is 69.2 Å². The van der Waals surface area contributed by atoms with E-state index in [0.717, 1.165) is 11.0 Å². The predicted octanol–water partition coefficient (Wildman–Crippen LogP) is 6.57. The zero-order valence-electron chi connectivity index (χ0n) is 21.0. The lowest BCUT2D eigenvalue weighted by Gasteiger charge is -2.32. The summed E-state index contributed by atoms with van der Waals surface area (Å²) in [6, 6.07) is 7.61. The molecule has 3 N–H and O–H groups in total. The van der Waals surface area contributed by atoms with Gasteiger partial charge in [-0.1, -0.05) is 44.5 Å². The number of aromatic amines is 1. The molecule has 0 saturated carbocycles. The van der Waals surface area contributed by atoms with E-state index >= 15 is 0 Å². The van der Waals surface area contributed by atoms with E-state index in [9.17, 15) is 32.7 Å². The van der Waals surface area contributed by atoms with Crippen LogP contribution in [0, 0.1) is 5.41 Å². The summed E-state index contributed by atoms with van der Waals surface area (Å²) in [6.07, 6.45) is -4.80. The number of nitrogens with one attached hydrogen (secondary N) is 2. The van der Waals surface area contributed by atoms with Gasteiger partial charge in [-0.25, -0.2) is 4.79 Å². The minimum Gasteiger partial charge on any atom is -0.465 e. The molecular weight excluding hydrogens is 557 g/mol. The number of H-pyrrole nitrogens is 1. The third kappa shape index (κ3) is 6.22. The first-order valence-corrected chi connectivity index (χ1v) is 12.9. The summed E-state index contributed by atoms with van der Waals surface area (Å²) in [5.41, 5.74) is -0.378. The van der Waals surface area contributed by atoms with Crippen LogP contribution in [-0.2, 0) is 17.4 Å². The molecule has 8 nitrogen and oxygen atoms in total. The predicted molar refractivity (Wildman–Crippen MR) is 142 cm³/mol. The van der Waals surface area contributed by atoms with Crippen molar-refractivity contribution in [3.8, 4) is 0 Å². The highest BCUT2D eigenvalue weighted by Crippen LogP contribution is 2.42. The number of hydrogen-bond acceptors (Lipinski definition) is 5. The number of alkyl halides is 3. The molecule has 1 aromatic heterocycles. The Bertz CT molecular complexity index is 1500. The number of carboxylic acid groups (broad SMARTS) is 1. The van der Waals surface area contributed by atoms with Crippen LogP contribution in [0.1, 0.15) is 37.5 Å². The molecule has 1 unspecified atom stereocenters. The van der Waals surface area contributed by atoms with Crippen LogP contribution in [0.15, 0.2) is 47.5 Å². The molecular formula is C26H24ClF3N4O4S. The summed E-state index contributed by atoms with van der Waals surface area (Å²) < 4.78 is 41.7. The number of imide groups is 1. The van der Waals surface area contributed by atoms with Crippen molar-refractivity contribution in [2.24, 2.45) is 5.41 Å². The molecule has 0 bridgehead atoms. The molecule has 0 spiro atoms. The third-order valence-electron chi connectivity index (χ3n) is 6.36. The highest BCUT2D eigenvalue weighted by Gasteiger charge is 2.41. The van der Waals surface area contributed by atoms with Gasteiger partial charge in [-0.2, -0.15) is 18.3 Å². The van der Waals surface area contributed by atoms with Gasteiger partial charge in [0.05, 0.1) is 34.8 Å². The highest BCUT2D eigenvalue weighted by atomic mass is 35.5. The molecule has 1 fully saturated rings. The molecule has 4 rings (SSSR count). The van der Waals surface area contributed by atoms with E-state index in [2.05, 4.69) is 15.5 Å². The summed E-state index contributed by atoms with van der Waals surface area (Å²) >= 11 is 6.47. The number of rotatable bonds is 6. The third-order valence-corrected chi connectivity index (χ3v) is 7.62. The lowest BCUT2D eigenvalue weighted by Crippen LogP contribution is -2.51. The van der Waals surface area contributed by atoms with Crippen LogP contribution >= 0.6 is 23.4 Å². The number of amides is 3. The van der Waals surface area contributed by atoms with Gasteiger partial charge < -0.3 is 10.4 Å². The Labute approximate surface area is 230 Å². The Kier molecular flexibility index (Phi) is 7.72. The molecule has 3 amide bonds. The van der Waals surface area contributed by atoms with Gasteiger partial charge in [0.2, 0.25) is 0 Å². The van der Waals surface area contributed by atoms with Crippen LogP contribution in [0.3, 0.4) is 0 Å². The Morgan fingerprint density at radius 1 is 1.18 bits per heavy atom. The molecule has 13 heteroatoms.